The Bertz CT molecular complexity index is 722. The van der Waals surface area contributed by atoms with Gasteiger partial charge in [-0.3, -0.25) is 14.6 Å². The van der Waals surface area contributed by atoms with Gasteiger partial charge in [0.25, 0.3) is 0 Å². The highest BCUT2D eigenvalue weighted by molar-refractivity contribution is 5.75. The minimum Gasteiger partial charge on any atom is -0.355 e. The summed E-state index contributed by atoms with van der Waals surface area (Å²) in [5, 5.41) is 3.00. The molecule has 0 aliphatic carbocycles. The lowest BCUT2D eigenvalue weighted by Gasteiger charge is -2.34. The molecule has 146 valence electrons. The number of aryl methyl sites for hydroxylation is 2. The molecule has 1 saturated heterocycles. The van der Waals surface area contributed by atoms with E-state index in [4.69, 9.17) is 0 Å². The van der Waals surface area contributed by atoms with Crippen molar-refractivity contribution in [2.45, 2.75) is 26.4 Å². The van der Waals surface area contributed by atoms with Gasteiger partial charge in [0.05, 0.1) is 12.0 Å². The Kier molecular flexibility index (Phi) is 6.95. The normalized spacial score (nSPS) is 15.8. The Balaban J connectivity index is 1.28. The molecular formula is C20H28FN5O. The number of halogens is 1. The van der Waals surface area contributed by atoms with Crippen molar-refractivity contribution in [2.75, 3.05) is 39.3 Å². The van der Waals surface area contributed by atoms with Crippen molar-refractivity contribution in [1.29, 1.82) is 0 Å². The maximum atomic E-state index is 13.0. The molecule has 2 aromatic rings. The standard InChI is InChI=1S/C20H28FN5O/c1-17-14-26(16-23-17)8-6-20(27)22-7-9-24-10-12-25(13-11-24)15-18-2-4-19(21)5-3-18/h2-5,14,16H,6-13,15H2,1H3,(H,22,27). The smallest absolute Gasteiger partial charge is 0.221 e. The van der Waals surface area contributed by atoms with Crippen molar-refractivity contribution >= 4 is 5.91 Å². The number of rotatable bonds is 8. The monoisotopic (exact) mass is 373 g/mol. The molecule has 1 aliphatic heterocycles. The minimum atomic E-state index is -0.189. The van der Waals surface area contributed by atoms with Crippen LogP contribution in [0.1, 0.15) is 17.7 Å². The summed E-state index contributed by atoms with van der Waals surface area (Å²) < 4.78 is 14.9. The van der Waals surface area contributed by atoms with Crippen LogP contribution in [0.4, 0.5) is 4.39 Å². The molecule has 1 aliphatic rings. The highest BCUT2D eigenvalue weighted by Crippen LogP contribution is 2.09. The number of nitrogens with zero attached hydrogens (tertiary/aromatic N) is 4. The fraction of sp³-hybridized carbons (Fsp3) is 0.500. The molecule has 0 unspecified atom stereocenters. The molecule has 27 heavy (non-hydrogen) atoms. The third-order valence-corrected chi connectivity index (χ3v) is 4.89. The van der Waals surface area contributed by atoms with Gasteiger partial charge in [-0.15, -0.1) is 0 Å². The molecule has 0 atom stereocenters. The van der Waals surface area contributed by atoms with Crippen molar-refractivity contribution in [3.63, 3.8) is 0 Å². The first-order valence-electron chi connectivity index (χ1n) is 9.53. The van der Waals surface area contributed by atoms with Gasteiger partial charge in [-0.05, 0) is 24.6 Å². The molecule has 7 heteroatoms. The fourth-order valence-corrected chi connectivity index (χ4v) is 3.29. The molecule has 1 amide bonds. The second-order valence-electron chi connectivity index (χ2n) is 7.10. The topological polar surface area (TPSA) is 53.4 Å². The predicted molar refractivity (Wildman–Crippen MR) is 103 cm³/mol. The van der Waals surface area contributed by atoms with Crippen LogP contribution in [-0.4, -0.2) is 64.5 Å². The zero-order chi connectivity index (χ0) is 19.1. The number of piperazine rings is 1. The number of amides is 1. The molecule has 6 nitrogen and oxygen atoms in total. The molecule has 0 saturated carbocycles. The summed E-state index contributed by atoms with van der Waals surface area (Å²) in [4.78, 5) is 20.9. The molecule has 0 radical (unpaired) electrons. The maximum absolute atomic E-state index is 13.0. The zero-order valence-corrected chi connectivity index (χ0v) is 15.9. The van der Waals surface area contributed by atoms with Gasteiger partial charge >= 0.3 is 0 Å². The van der Waals surface area contributed by atoms with Crippen LogP contribution in [0.3, 0.4) is 0 Å². The first-order valence-corrected chi connectivity index (χ1v) is 9.53. The SMILES string of the molecule is Cc1cn(CCC(=O)NCCN2CCN(Cc3ccc(F)cc3)CC2)cn1. The molecule has 0 spiro atoms. The van der Waals surface area contributed by atoms with E-state index in [0.29, 0.717) is 19.5 Å². The summed E-state index contributed by atoms with van der Waals surface area (Å²) in [6.45, 7) is 8.98. The van der Waals surface area contributed by atoms with E-state index in [0.717, 1.165) is 50.5 Å². The number of carbonyl (C=O) groups excluding carboxylic acids is 1. The van der Waals surface area contributed by atoms with Gasteiger partial charge in [-0.25, -0.2) is 9.37 Å². The van der Waals surface area contributed by atoms with E-state index in [1.54, 1.807) is 6.33 Å². The first kappa shape index (κ1) is 19.5. The van der Waals surface area contributed by atoms with Crippen molar-refractivity contribution in [2.24, 2.45) is 0 Å². The lowest BCUT2D eigenvalue weighted by atomic mass is 10.2. The van der Waals surface area contributed by atoms with Gasteiger partial charge in [0.15, 0.2) is 0 Å². The van der Waals surface area contributed by atoms with E-state index in [2.05, 4.69) is 20.1 Å². The second-order valence-corrected chi connectivity index (χ2v) is 7.10. The molecular weight excluding hydrogens is 345 g/mol. The van der Waals surface area contributed by atoms with Crippen LogP contribution in [0.5, 0.6) is 0 Å². The van der Waals surface area contributed by atoms with Gasteiger partial charge in [0.1, 0.15) is 5.82 Å². The van der Waals surface area contributed by atoms with Crippen LogP contribution < -0.4 is 5.32 Å². The number of aromatic nitrogens is 2. The molecule has 2 heterocycles. The average Bonchev–Trinajstić information content (AvgIpc) is 3.09. The Morgan fingerprint density at radius 1 is 1.11 bits per heavy atom. The average molecular weight is 373 g/mol. The van der Waals surface area contributed by atoms with Crippen LogP contribution in [-0.2, 0) is 17.9 Å². The Morgan fingerprint density at radius 3 is 2.48 bits per heavy atom. The van der Waals surface area contributed by atoms with Gasteiger partial charge < -0.3 is 9.88 Å². The summed E-state index contributed by atoms with van der Waals surface area (Å²) in [6, 6.07) is 6.73. The van der Waals surface area contributed by atoms with Crippen LogP contribution >= 0.6 is 0 Å². The van der Waals surface area contributed by atoms with Gasteiger partial charge in [-0.2, -0.15) is 0 Å². The summed E-state index contributed by atoms with van der Waals surface area (Å²) >= 11 is 0. The molecule has 1 fully saturated rings. The van der Waals surface area contributed by atoms with Crippen molar-refractivity contribution in [3.05, 3.63) is 53.9 Å². The van der Waals surface area contributed by atoms with Crippen molar-refractivity contribution in [1.82, 2.24) is 24.7 Å². The Labute approximate surface area is 160 Å². The maximum Gasteiger partial charge on any atom is 0.221 e. The van der Waals surface area contributed by atoms with E-state index >= 15 is 0 Å². The largest absolute Gasteiger partial charge is 0.355 e. The van der Waals surface area contributed by atoms with Crippen LogP contribution in [0.15, 0.2) is 36.8 Å². The van der Waals surface area contributed by atoms with E-state index in [9.17, 15) is 9.18 Å². The number of hydrogen-bond acceptors (Lipinski definition) is 4. The van der Waals surface area contributed by atoms with Crippen LogP contribution in [0, 0.1) is 12.7 Å². The molecule has 1 aromatic carbocycles. The third kappa shape index (κ3) is 6.45. The summed E-state index contributed by atoms with van der Waals surface area (Å²) in [5.41, 5.74) is 2.11. The number of benzene rings is 1. The molecule has 1 N–H and O–H groups in total. The molecule has 1 aromatic heterocycles. The summed E-state index contributed by atoms with van der Waals surface area (Å²) in [5.74, 6) is -0.109. The highest BCUT2D eigenvalue weighted by Gasteiger charge is 2.16. The van der Waals surface area contributed by atoms with Gasteiger partial charge in [-0.1, -0.05) is 12.1 Å². The van der Waals surface area contributed by atoms with E-state index in [1.807, 2.05) is 29.8 Å². The second kappa shape index (κ2) is 9.62. The van der Waals surface area contributed by atoms with Crippen molar-refractivity contribution < 1.29 is 9.18 Å². The Morgan fingerprint density at radius 2 is 1.81 bits per heavy atom. The lowest BCUT2D eigenvalue weighted by Crippen LogP contribution is -2.48. The Hall–Kier alpha value is -2.25. The summed E-state index contributed by atoms with van der Waals surface area (Å²) in [7, 11) is 0. The fourth-order valence-electron chi connectivity index (χ4n) is 3.29. The van der Waals surface area contributed by atoms with E-state index < -0.39 is 0 Å². The van der Waals surface area contributed by atoms with Gasteiger partial charge in [0, 0.05) is 65.0 Å². The lowest BCUT2D eigenvalue weighted by molar-refractivity contribution is -0.121. The number of carbonyl (C=O) groups is 1. The minimum absolute atomic E-state index is 0.0799. The molecule has 0 bridgehead atoms. The first-order chi connectivity index (χ1) is 13.1. The van der Waals surface area contributed by atoms with Gasteiger partial charge in [0.2, 0.25) is 5.91 Å². The predicted octanol–water partition coefficient (Wildman–Crippen LogP) is 1.65. The quantitative estimate of drug-likeness (QED) is 0.765. The highest BCUT2D eigenvalue weighted by atomic mass is 19.1. The van der Waals surface area contributed by atoms with Crippen LogP contribution in [0.2, 0.25) is 0 Å². The van der Waals surface area contributed by atoms with E-state index in [-0.39, 0.29) is 11.7 Å². The zero-order valence-electron chi connectivity index (χ0n) is 15.9. The third-order valence-electron chi connectivity index (χ3n) is 4.89. The van der Waals surface area contributed by atoms with Crippen LogP contribution in [0.25, 0.3) is 0 Å². The number of imidazole rings is 1. The summed E-state index contributed by atoms with van der Waals surface area (Å²) in [6.07, 6.45) is 4.17. The number of nitrogens with one attached hydrogen (secondary N) is 1. The van der Waals surface area contributed by atoms with E-state index in [1.165, 1.54) is 12.1 Å². The molecule has 3 rings (SSSR count). The number of hydrogen-bond donors (Lipinski definition) is 1. The van der Waals surface area contributed by atoms with Crippen molar-refractivity contribution in [3.8, 4) is 0 Å².